The van der Waals surface area contributed by atoms with Crippen molar-refractivity contribution in [2.24, 2.45) is 0 Å². The number of likely N-dealkylation sites (tertiary alicyclic amines) is 1. The monoisotopic (exact) mass is 256 g/mol. The highest BCUT2D eigenvalue weighted by Crippen LogP contribution is 2.23. The van der Waals surface area contributed by atoms with E-state index in [-0.39, 0.29) is 6.03 Å². The minimum absolute atomic E-state index is 0.145. The maximum atomic E-state index is 12.1. The topological polar surface area (TPSA) is 52.6 Å². The highest BCUT2D eigenvalue weighted by Gasteiger charge is 2.24. The van der Waals surface area contributed by atoms with Crippen LogP contribution in [0, 0.1) is 0 Å². The maximum absolute atomic E-state index is 12.1. The molecule has 0 radical (unpaired) electrons. The van der Waals surface area contributed by atoms with Gasteiger partial charge in [-0.15, -0.1) is 0 Å². The average Bonchev–Trinajstić information content (AvgIpc) is 2.86. The first-order valence-corrected chi connectivity index (χ1v) is 6.46. The van der Waals surface area contributed by atoms with E-state index in [1.54, 1.807) is 4.90 Å². The smallest absolute Gasteiger partial charge is 0.321 e. The molecule has 1 aliphatic rings. The Morgan fingerprint density at radius 3 is 2.79 bits per heavy atom. The molecule has 1 heterocycles. The maximum Gasteiger partial charge on any atom is 0.321 e. The summed E-state index contributed by atoms with van der Waals surface area (Å²) in [6.07, 6.45) is 0.265. The lowest BCUT2D eigenvalue weighted by Gasteiger charge is -2.17. The normalized spacial score (nSPS) is 18.8. The van der Waals surface area contributed by atoms with E-state index >= 15 is 0 Å². The van der Waals surface area contributed by atoms with Crippen molar-refractivity contribution in [2.45, 2.75) is 12.5 Å². The van der Waals surface area contributed by atoms with Crippen LogP contribution in [0.15, 0.2) is 42.5 Å². The van der Waals surface area contributed by atoms with Crippen LogP contribution in [-0.4, -0.2) is 35.2 Å². The summed E-state index contributed by atoms with van der Waals surface area (Å²) in [4.78, 5) is 13.8. The number of urea groups is 1. The fraction of sp³-hybridized carbons (Fsp3) is 0.267. The Morgan fingerprint density at radius 1 is 1.21 bits per heavy atom. The van der Waals surface area contributed by atoms with Crippen molar-refractivity contribution in [3.63, 3.8) is 0 Å². The number of carbonyl (C=O) groups excluding carboxylic acids is 1. The summed E-state index contributed by atoms with van der Waals surface area (Å²) in [7, 11) is 0. The van der Waals surface area contributed by atoms with Gasteiger partial charge in [-0.2, -0.15) is 0 Å². The minimum atomic E-state index is -0.390. The van der Waals surface area contributed by atoms with E-state index in [4.69, 9.17) is 0 Å². The van der Waals surface area contributed by atoms with Gasteiger partial charge in [0.25, 0.3) is 0 Å². The molecule has 0 aliphatic carbocycles. The summed E-state index contributed by atoms with van der Waals surface area (Å²) < 4.78 is 0. The fourth-order valence-electron chi connectivity index (χ4n) is 2.45. The Morgan fingerprint density at radius 2 is 2.00 bits per heavy atom. The first-order valence-electron chi connectivity index (χ1n) is 6.46. The van der Waals surface area contributed by atoms with Crippen LogP contribution in [0.1, 0.15) is 6.42 Å². The van der Waals surface area contributed by atoms with Crippen molar-refractivity contribution < 1.29 is 9.90 Å². The van der Waals surface area contributed by atoms with E-state index in [0.717, 1.165) is 16.5 Å². The van der Waals surface area contributed by atoms with Gasteiger partial charge in [0.05, 0.1) is 11.8 Å². The van der Waals surface area contributed by atoms with Gasteiger partial charge in [-0.1, -0.05) is 36.4 Å². The molecule has 2 amide bonds. The molecule has 2 N–H and O–H groups in total. The standard InChI is InChI=1S/C15H16N2O2/c18-12-8-9-17(10-12)15(19)16-14-7-3-5-11-4-1-2-6-13(11)14/h1-7,12,18H,8-10H2,(H,16,19)/t12-/m1/s1. The molecule has 2 aromatic carbocycles. The molecular weight excluding hydrogens is 240 g/mol. The number of anilines is 1. The zero-order valence-electron chi connectivity index (χ0n) is 10.5. The van der Waals surface area contributed by atoms with Crippen LogP contribution >= 0.6 is 0 Å². The number of nitrogens with one attached hydrogen (secondary N) is 1. The van der Waals surface area contributed by atoms with Crippen LogP contribution in [0.3, 0.4) is 0 Å². The molecule has 4 nitrogen and oxygen atoms in total. The highest BCUT2D eigenvalue weighted by molar-refractivity contribution is 6.01. The van der Waals surface area contributed by atoms with Crippen LogP contribution in [-0.2, 0) is 0 Å². The molecule has 1 fully saturated rings. The van der Waals surface area contributed by atoms with Crippen LogP contribution in [0.25, 0.3) is 10.8 Å². The summed E-state index contributed by atoms with van der Waals surface area (Å²) in [6.45, 7) is 1.02. The molecule has 98 valence electrons. The third kappa shape index (κ3) is 2.39. The summed E-state index contributed by atoms with van der Waals surface area (Å²) in [5.74, 6) is 0. The quantitative estimate of drug-likeness (QED) is 0.823. The molecule has 1 saturated heterocycles. The van der Waals surface area contributed by atoms with E-state index in [1.165, 1.54) is 0 Å². The number of nitrogens with zero attached hydrogens (tertiary/aromatic N) is 1. The number of fused-ring (bicyclic) bond motifs is 1. The summed E-state index contributed by atoms with van der Waals surface area (Å²) >= 11 is 0. The van der Waals surface area contributed by atoms with Crippen molar-refractivity contribution in [3.8, 4) is 0 Å². The van der Waals surface area contributed by atoms with Gasteiger partial charge < -0.3 is 15.3 Å². The van der Waals surface area contributed by atoms with Crippen LogP contribution in [0.2, 0.25) is 0 Å². The predicted octanol–water partition coefficient (Wildman–Crippen LogP) is 2.44. The predicted molar refractivity (Wildman–Crippen MR) is 75.2 cm³/mol. The summed E-state index contributed by atoms with van der Waals surface area (Å²) in [5, 5.41) is 14.5. The molecule has 19 heavy (non-hydrogen) atoms. The number of aliphatic hydroxyl groups excluding tert-OH is 1. The molecule has 1 atom stereocenters. The van der Waals surface area contributed by atoms with Gasteiger partial charge in [0, 0.05) is 18.5 Å². The van der Waals surface area contributed by atoms with Gasteiger partial charge in [-0.05, 0) is 17.9 Å². The summed E-state index contributed by atoms with van der Waals surface area (Å²) in [6, 6.07) is 13.6. The van der Waals surface area contributed by atoms with Crippen LogP contribution in [0.5, 0.6) is 0 Å². The molecule has 0 spiro atoms. The van der Waals surface area contributed by atoms with Crippen molar-refractivity contribution in [1.29, 1.82) is 0 Å². The minimum Gasteiger partial charge on any atom is -0.391 e. The molecule has 0 unspecified atom stereocenters. The number of hydrogen-bond acceptors (Lipinski definition) is 2. The SMILES string of the molecule is O=C(Nc1cccc2ccccc12)N1CC[C@@H](O)C1. The molecule has 1 aliphatic heterocycles. The number of rotatable bonds is 1. The Balaban J connectivity index is 1.83. The number of carbonyl (C=O) groups is 1. The van der Waals surface area contributed by atoms with Gasteiger partial charge >= 0.3 is 6.03 Å². The lowest BCUT2D eigenvalue weighted by molar-refractivity contribution is 0.176. The second kappa shape index (κ2) is 4.90. The Labute approximate surface area is 111 Å². The van der Waals surface area contributed by atoms with Crippen LogP contribution < -0.4 is 5.32 Å². The third-order valence-electron chi connectivity index (χ3n) is 3.48. The number of aliphatic hydroxyl groups is 1. The second-order valence-electron chi connectivity index (χ2n) is 4.85. The fourth-order valence-corrected chi connectivity index (χ4v) is 2.45. The Bertz CT molecular complexity index is 607. The number of hydrogen-bond donors (Lipinski definition) is 2. The second-order valence-corrected chi connectivity index (χ2v) is 4.85. The van der Waals surface area contributed by atoms with E-state index in [2.05, 4.69) is 5.32 Å². The largest absolute Gasteiger partial charge is 0.391 e. The lowest BCUT2D eigenvalue weighted by Crippen LogP contribution is -2.33. The van der Waals surface area contributed by atoms with E-state index in [9.17, 15) is 9.90 Å². The van der Waals surface area contributed by atoms with E-state index in [1.807, 2.05) is 42.5 Å². The van der Waals surface area contributed by atoms with Crippen molar-refractivity contribution in [2.75, 3.05) is 18.4 Å². The molecule has 2 aromatic rings. The zero-order valence-corrected chi connectivity index (χ0v) is 10.5. The van der Waals surface area contributed by atoms with Gasteiger partial charge in [0.2, 0.25) is 0 Å². The van der Waals surface area contributed by atoms with Gasteiger partial charge in [-0.3, -0.25) is 0 Å². The average molecular weight is 256 g/mol. The molecule has 0 saturated carbocycles. The molecule has 0 aromatic heterocycles. The number of β-amino-alcohol motifs (C(OH)–C–C–N with tert-alkyl or cyclic N) is 1. The number of amides is 2. The van der Waals surface area contributed by atoms with E-state index in [0.29, 0.717) is 19.5 Å². The lowest BCUT2D eigenvalue weighted by atomic mass is 10.1. The molecule has 0 bridgehead atoms. The van der Waals surface area contributed by atoms with Crippen molar-refractivity contribution >= 4 is 22.5 Å². The van der Waals surface area contributed by atoms with Crippen LogP contribution in [0.4, 0.5) is 10.5 Å². The van der Waals surface area contributed by atoms with Crippen molar-refractivity contribution in [1.82, 2.24) is 4.90 Å². The number of benzene rings is 2. The first-order chi connectivity index (χ1) is 9.24. The zero-order chi connectivity index (χ0) is 13.2. The first kappa shape index (κ1) is 12.0. The van der Waals surface area contributed by atoms with Gasteiger partial charge in [-0.25, -0.2) is 4.79 Å². The summed E-state index contributed by atoms with van der Waals surface area (Å²) in [5.41, 5.74) is 0.810. The Hall–Kier alpha value is -2.07. The van der Waals surface area contributed by atoms with E-state index < -0.39 is 6.10 Å². The van der Waals surface area contributed by atoms with Gasteiger partial charge in [0.1, 0.15) is 0 Å². The third-order valence-corrected chi connectivity index (χ3v) is 3.48. The van der Waals surface area contributed by atoms with Crippen molar-refractivity contribution in [3.05, 3.63) is 42.5 Å². The molecule has 4 heteroatoms. The molecule has 3 rings (SSSR count). The van der Waals surface area contributed by atoms with Gasteiger partial charge in [0.15, 0.2) is 0 Å². The molecular formula is C15H16N2O2. The Kier molecular flexibility index (Phi) is 3.09. The highest BCUT2D eigenvalue weighted by atomic mass is 16.3.